The molecule has 1 rings (SSSR count). The number of urea groups is 1. The first-order valence-electron chi connectivity index (χ1n) is 8.59. The highest BCUT2D eigenvalue weighted by atomic mass is 32.2. The van der Waals surface area contributed by atoms with Crippen LogP contribution in [0.1, 0.15) is 33.6 Å². The van der Waals surface area contributed by atoms with E-state index in [0.29, 0.717) is 18.7 Å². The average Bonchev–Trinajstić information content (AvgIpc) is 2.53. The van der Waals surface area contributed by atoms with Crippen LogP contribution in [-0.4, -0.2) is 62.9 Å². The molecule has 0 saturated carbocycles. The SMILES string of the molecule is CN(CCCC(=O)OC(C)(C)C)C(=O)Nc1ccc(S(=O)(=O)N(C)C)cc1. The number of esters is 1. The summed E-state index contributed by atoms with van der Waals surface area (Å²) in [6.07, 6.45) is 0.713. The fourth-order valence-corrected chi connectivity index (χ4v) is 3.00. The minimum atomic E-state index is -3.51. The van der Waals surface area contributed by atoms with Crippen molar-refractivity contribution in [2.75, 3.05) is 33.0 Å². The van der Waals surface area contributed by atoms with E-state index in [-0.39, 0.29) is 23.3 Å². The van der Waals surface area contributed by atoms with Crippen molar-refractivity contribution < 1.29 is 22.7 Å². The number of hydrogen-bond donors (Lipinski definition) is 1. The molecule has 0 aliphatic heterocycles. The van der Waals surface area contributed by atoms with Crippen molar-refractivity contribution in [1.82, 2.24) is 9.21 Å². The lowest BCUT2D eigenvalue weighted by atomic mass is 10.2. The third-order valence-electron chi connectivity index (χ3n) is 3.53. The summed E-state index contributed by atoms with van der Waals surface area (Å²) in [5.41, 5.74) is -0.0382. The summed E-state index contributed by atoms with van der Waals surface area (Å²) in [5, 5.41) is 2.69. The number of carbonyl (C=O) groups is 2. The Morgan fingerprint density at radius 1 is 1.07 bits per heavy atom. The van der Waals surface area contributed by atoms with Gasteiger partial charge in [-0.2, -0.15) is 0 Å². The predicted octanol–water partition coefficient (Wildman–Crippen LogP) is 2.52. The molecule has 2 amide bonds. The van der Waals surface area contributed by atoms with Crippen molar-refractivity contribution >= 4 is 27.7 Å². The lowest BCUT2D eigenvalue weighted by Gasteiger charge is -2.21. The van der Waals surface area contributed by atoms with Crippen LogP contribution in [0.15, 0.2) is 29.2 Å². The second kappa shape index (κ2) is 9.18. The van der Waals surface area contributed by atoms with Crippen molar-refractivity contribution in [2.45, 2.75) is 44.1 Å². The first-order valence-corrected chi connectivity index (χ1v) is 10.0. The van der Waals surface area contributed by atoms with E-state index in [1.807, 2.05) is 0 Å². The Morgan fingerprint density at radius 3 is 2.11 bits per heavy atom. The van der Waals surface area contributed by atoms with Gasteiger partial charge in [-0.1, -0.05) is 0 Å². The maximum absolute atomic E-state index is 12.2. The van der Waals surface area contributed by atoms with Crippen LogP contribution in [0.25, 0.3) is 0 Å². The van der Waals surface area contributed by atoms with Gasteiger partial charge in [-0.3, -0.25) is 4.79 Å². The second-order valence-electron chi connectivity index (χ2n) is 7.35. The van der Waals surface area contributed by atoms with Crippen molar-refractivity contribution in [2.24, 2.45) is 0 Å². The molecule has 0 spiro atoms. The first kappa shape index (κ1) is 22.9. The summed E-state index contributed by atoms with van der Waals surface area (Å²) in [6, 6.07) is 5.59. The zero-order valence-electron chi connectivity index (χ0n) is 16.8. The molecule has 27 heavy (non-hydrogen) atoms. The van der Waals surface area contributed by atoms with Crippen molar-refractivity contribution in [3.8, 4) is 0 Å². The lowest BCUT2D eigenvalue weighted by Crippen LogP contribution is -2.32. The highest BCUT2D eigenvalue weighted by Gasteiger charge is 2.18. The Morgan fingerprint density at radius 2 is 1.63 bits per heavy atom. The fourth-order valence-electron chi connectivity index (χ4n) is 2.09. The molecule has 0 aliphatic carbocycles. The monoisotopic (exact) mass is 399 g/mol. The predicted molar refractivity (Wildman–Crippen MR) is 104 cm³/mol. The molecule has 1 N–H and O–H groups in total. The van der Waals surface area contributed by atoms with Gasteiger partial charge in [-0.15, -0.1) is 0 Å². The van der Waals surface area contributed by atoms with Gasteiger partial charge < -0.3 is 15.0 Å². The number of ether oxygens (including phenoxy) is 1. The summed E-state index contributed by atoms with van der Waals surface area (Å²) in [6.45, 7) is 5.80. The Labute approximate surface area is 161 Å². The third-order valence-corrected chi connectivity index (χ3v) is 5.35. The van der Waals surface area contributed by atoms with Crippen LogP contribution >= 0.6 is 0 Å². The van der Waals surface area contributed by atoms with E-state index in [1.165, 1.54) is 43.3 Å². The van der Waals surface area contributed by atoms with E-state index in [4.69, 9.17) is 4.74 Å². The van der Waals surface area contributed by atoms with E-state index >= 15 is 0 Å². The number of carbonyl (C=O) groups excluding carboxylic acids is 2. The fraction of sp³-hybridized carbons (Fsp3) is 0.556. The molecule has 1 aromatic rings. The molecule has 0 radical (unpaired) electrons. The maximum Gasteiger partial charge on any atom is 0.321 e. The van der Waals surface area contributed by atoms with Crippen molar-refractivity contribution in [3.05, 3.63) is 24.3 Å². The molecule has 0 unspecified atom stereocenters. The minimum Gasteiger partial charge on any atom is -0.460 e. The van der Waals surface area contributed by atoms with Crippen molar-refractivity contribution in [3.63, 3.8) is 0 Å². The van der Waals surface area contributed by atoms with Crippen LogP contribution in [0.2, 0.25) is 0 Å². The quantitative estimate of drug-likeness (QED) is 0.711. The number of amides is 2. The second-order valence-corrected chi connectivity index (χ2v) is 9.51. The third kappa shape index (κ3) is 7.56. The van der Waals surface area contributed by atoms with Gasteiger partial charge in [0.25, 0.3) is 0 Å². The first-order chi connectivity index (χ1) is 12.3. The van der Waals surface area contributed by atoms with Gasteiger partial charge in [-0.05, 0) is 51.5 Å². The normalized spacial score (nSPS) is 12.0. The molecule has 0 heterocycles. The molecule has 152 valence electrons. The van der Waals surface area contributed by atoms with Crippen LogP contribution in [-0.2, 0) is 19.6 Å². The Kier molecular flexibility index (Phi) is 7.79. The van der Waals surface area contributed by atoms with Crippen LogP contribution < -0.4 is 5.32 Å². The molecular formula is C18H29N3O5S. The molecule has 0 fully saturated rings. The molecule has 1 aromatic carbocycles. The topological polar surface area (TPSA) is 96.0 Å². The molecule has 0 saturated heterocycles. The van der Waals surface area contributed by atoms with Crippen LogP contribution in [0.3, 0.4) is 0 Å². The molecule has 9 heteroatoms. The van der Waals surface area contributed by atoms with Gasteiger partial charge in [-0.25, -0.2) is 17.5 Å². The van der Waals surface area contributed by atoms with Crippen LogP contribution in [0.4, 0.5) is 10.5 Å². The van der Waals surface area contributed by atoms with Gasteiger partial charge in [0, 0.05) is 39.8 Å². The smallest absolute Gasteiger partial charge is 0.321 e. The number of hydrogen-bond acceptors (Lipinski definition) is 5. The molecule has 0 bridgehead atoms. The van der Waals surface area contributed by atoms with E-state index in [1.54, 1.807) is 27.8 Å². The summed E-state index contributed by atoms with van der Waals surface area (Å²) >= 11 is 0. The van der Waals surface area contributed by atoms with E-state index in [0.717, 1.165) is 4.31 Å². The Hall–Kier alpha value is -2.13. The van der Waals surface area contributed by atoms with Gasteiger partial charge in [0.05, 0.1) is 4.90 Å². The molecule has 0 aromatic heterocycles. The number of anilines is 1. The molecular weight excluding hydrogens is 370 g/mol. The molecule has 0 aliphatic rings. The average molecular weight is 400 g/mol. The zero-order valence-corrected chi connectivity index (χ0v) is 17.6. The van der Waals surface area contributed by atoms with Crippen molar-refractivity contribution in [1.29, 1.82) is 0 Å². The Bertz CT molecular complexity index is 752. The summed E-state index contributed by atoms with van der Waals surface area (Å²) in [7, 11) is 1.03. The summed E-state index contributed by atoms with van der Waals surface area (Å²) in [5.74, 6) is -0.297. The zero-order chi connectivity index (χ0) is 20.8. The van der Waals surface area contributed by atoms with E-state index < -0.39 is 15.6 Å². The Balaban J connectivity index is 2.53. The largest absolute Gasteiger partial charge is 0.460 e. The number of nitrogens with one attached hydrogen (secondary N) is 1. The summed E-state index contributed by atoms with van der Waals surface area (Å²) in [4.78, 5) is 25.4. The van der Waals surface area contributed by atoms with Gasteiger partial charge in [0.15, 0.2) is 0 Å². The number of benzene rings is 1. The molecule has 0 atom stereocenters. The minimum absolute atomic E-state index is 0.149. The van der Waals surface area contributed by atoms with Gasteiger partial charge >= 0.3 is 12.0 Å². The highest BCUT2D eigenvalue weighted by Crippen LogP contribution is 2.17. The summed E-state index contributed by atoms with van der Waals surface area (Å²) < 4.78 is 30.4. The van der Waals surface area contributed by atoms with Crippen LogP contribution in [0, 0.1) is 0 Å². The van der Waals surface area contributed by atoms with Crippen LogP contribution in [0.5, 0.6) is 0 Å². The lowest BCUT2D eigenvalue weighted by molar-refractivity contribution is -0.154. The molecule has 8 nitrogen and oxygen atoms in total. The van der Waals surface area contributed by atoms with E-state index in [9.17, 15) is 18.0 Å². The number of nitrogens with zero attached hydrogens (tertiary/aromatic N) is 2. The van der Waals surface area contributed by atoms with Gasteiger partial charge in [0.1, 0.15) is 5.60 Å². The number of sulfonamides is 1. The van der Waals surface area contributed by atoms with E-state index in [2.05, 4.69) is 5.32 Å². The van der Waals surface area contributed by atoms with Gasteiger partial charge in [0.2, 0.25) is 10.0 Å². The maximum atomic E-state index is 12.2. The highest BCUT2D eigenvalue weighted by molar-refractivity contribution is 7.89. The standard InChI is InChI=1S/C18H29N3O5S/c1-18(2,3)26-16(22)8-7-13-21(6)17(23)19-14-9-11-15(12-10-14)27(24,25)20(4)5/h9-12H,7-8,13H2,1-6H3,(H,19,23). The number of rotatable bonds is 7.